The molecule has 1 aromatic heterocycles. The van der Waals surface area contributed by atoms with E-state index in [2.05, 4.69) is 41.8 Å². The number of hydrogen-bond acceptors (Lipinski definition) is 1. The molecule has 3 rings (SSSR count). The highest BCUT2D eigenvalue weighted by Gasteiger charge is 2.07. The number of halogens is 3. The van der Waals surface area contributed by atoms with Gasteiger partial charge < -0.3 is 4.98 Å². The van der Waals surface area contributed by atoms with Gasteiger partial charge in [0.2, 0.25) is 0 Å². The van der Waals surface area contributed by atoms with Crippen LogP contribution in [-0.2, 0) is 0 Å². The molecule has 5 heteroatoms. The Kier molecular flexibility index (Phi) is 2.95. The molecule has 0 spiro atoms. The Labute approximate surface area is 119 Å². The molecule has 3 aromatic rings. The van der Waals surface area contributed by atoms with Gasteiger partial charge in [-0.15, -0.1) is 0 Å². The lowest BCUT2D eigenvalue weighted by atomic mass is 10.2. The third-order valence-electron chi connectivity index (χ3n) is 2.64. The second-order valence-electron chi connectivity index (χ2n) is 3.88. The maximum Gasteiger partial charge on any atom is 0.138 e. The summed E-state index contributed by atoms with van der Waals surface area (Å²) in [4.78, 5) is 7.70. The Morgan fingerprint density at radius 1 is 1.00 bits per heavy atom. The number of H-pyrrole nitrogens is 1. The zero-order valence-corrected chi connectivity index (χ0v) is 12.2. The van der Waals surface area contributed by atoms with Crippen LogP contribution in [0, 0.1) is 5.82 Å². The smallest absolute Gasteiger partial charge is 0.138 e. The predicted molar refractivity (Wildman–Crippen MR) is 76.9 cm³/mol. The van der Waals surface area contributed by atoms with Gasteiger partial charge in [-0.1, -0.05) is 0 Å². The first kappa shape index (κ1) is 11.9. The van der Waals surface area contributed by atoms with Crippen molar-refractivity contribution in [1.82, 2.24) is 9.97 Å². The van der Waals surface area contributed by atoms with Crippen molar-refractivity contribution in [1.29, 1.82) is 0 Å². The first-order chi connectivity index (χ1) is 8.63. The van der Waals surface area contributed by atoms with E-state index < -0.39 is 0 Å². The van der Waals surface area contributed by atoms with Crippen molar-refractivity contribution >= 4 is 42.9 Å². The topological polar surface area (TPSA) is 28.7 Å². The minimum absolute atomic E-state index is 0.250. The van der Waals surface area contributed by atoms with Gasteiger partial charge in [-0.25, -0.2) is 9.37 Å². The van der Waals surface area contributed by atoms with E-state index in [9.17, 15) is 4.39 Å². The number of aromatic amines is 1. The monoisotopic (exact) mass is 368 g/mol. The van der Waals surface area contributed by atoms with E-state index in [0.29, 0.717) is 0 Å². The summed E-state index contributed by atoms with van der Waals surface area (Å²) in [7, 11) is 0. The van der Waals surface area contributed by atoms with E-state index in [0.717, 1.165) is 31.4 Å². The van der Waals surface area contributed by atoms with Crippen molar-refractivity contribution in [3.63, 3.8) is 0 Å². The first-order valence-electron chi connectivity index (χ1n) is 5.24. The summed E-state index contributed by atoms with van der Waals surface area (Å²) in [5.74, 6) is 0.482. The van der Waals surface area contributed by atoms with Gasteiger partial charge in [0.15, 0.2) is 0 Å². The molecule has 0 amide bonds. The second kappa shape index (κ2) is 4.48. The van der Waals surface area contributed by atoms with Gasteiger partial charge in [0.1, 0.15) is 11.6 Å². The lowest BCUT2D eigenvalue weighted by Crippen LogP contribution is -1.80. The Balaban J connectivity index is 2.16. The lowest BCUT2D eigenvalue weighted by Gasteiger charge is -1.95. The van der Waals surface area contributed by atoms with Gasteiger partial charge in [-0.05, 0) is 68.3 Å². The molecule has 0 saturated heterocycles. The number of hydrogen-bond donors (Lipinski definition) is 1. The molecule has 0 bridgehead atoms. The molecule has 0 aliphatic heterocycles. The molecule has 0 aliphatic rings. The van der Waals surface area contributed by atoms with E-state index in [1.165, 1.54) is 12.1 Å². The van der Waals surface area contributed by atoms with Crippen LogP contribution in [0.15, 0.2) is 45.3 Å². The zero-order chi connectivity index (χ0) is 12.7. The number of imidazole rings is 1. The van der Waals surface area contributed by atoms with Crippen LogP contribution in [0.1, 0.15) is 0 Å². The van der Waals surface area contributed by atoms with Crippen LogP contribution in [0.4, 0.5) is 4.39 Å². The number of nitrogens with one attached hydrogen (secondary N) is 1. The molecule has 0 aliphatic carbocycles. The van der Waals surface area contributed by atoms with Gasteiger partial charge in [0.25, 0.3) is 0 Å². The van der Waals surface area contributed by atoms with Crippen LogP contribution < -0.4 is 0 Å². The van der Waals surface area contributed by atoms with E-state index >= 15 is 0 Å². The molecule has 18 heavy (non-hydrogen) atoms. The SMILES string of the molecule is Fc1ccc(-c2nc3cc(Br)c(Br)cc3[nH]2)cc1. The van der Waals surface area contributed by atoms with Crippen LogP contribution >= 0.6 is 31.9 Å². The minimum atomic E-state index is -0.250. The third-order valence-corrected chi connectivity index (χ3v) is 4.49. The average Bonchev–Trinajstić information content (AvgIpc) is 2.73. The fourth-order valence-corrected chi connectivity index (χ4v) is 2.42. The highest BCUT2D eigenvalue weighted by molar-refractivity contribution is 9.13. The Hall–Kier alpha value is -1.20. The summed E-state index contributed by atoms with van der Waals surface area (Å²) < 4.78 is 14.8. The van der Waals surface area contributed by atoms with Crippen LogP contribution in [0.25, 0.3) is 22.4 Å². The molecule has 1 N–H and O–H groups in total. The van der Waals surface area contributed by atoms with Crippen molar-refractivity contribution < 1.29 is 4.39 Å². The number of benzene rings is 2. The quantitative estimate of drug-likeness (QED) is 0.649. The number of aromatic nitrogens is 2. The van der Waals surface area contributed by atoms with Gasteiger partial charge in [-0.2, -0.15) is 0 Å². The van der Waals surface area contributed by atoms with Crippen molar-refractivity contribution in [2.75, 3.05) is 0 Å². The van der Waals surface area contributed by atoms with Crippen LogP contribution in [0.5, 0.6) is 0 Å². The van der Waals surface area contributed by atoms with E-state index in [1.807, 2.05) is 12.1 Å². The van der Waals surface area contributed by atoms with E-state index in [1.54, 1.807) is 12.1 Å². The van der Waals surface area contributed by atoms with E-state index in [4.69, 9.17) is 0 Å². The zero-order valence-electron chi connectivity index (χ0n) is 9.05. The van der Waals surface area contributed by atoms with Crippen LogP contribution in [0.3, 0.4) is 0 Å². The van der Waals surface area contributed by atoms with Crippen LogP contribution in [0.2, 0.25) is 0 Å². The summed E-state index contributed by atoms with van der Waals surface area (Å²) in [6.45, 7) is 0. The molecule has 2 aromatic carbocycles. The molecular weight excluding hydrogens is 363 g/mol. The molecule has 90 valence electrons. The maximum absolute atomic E-state index is 12.9. The summed E-state index contributed by atoms with van der Waals surface area (Å²) in [5.41, 5.74) is 2.66. The third kappa shape index (κ3) is 2.08. The highest BCUT2D eigenvalue weighted by Crippen LogP contribution is 2.29. The van der Waals surface area contributed by atoms with E-state index in [-0.39, 0.29) is 5.82 Å². The van der Waals surface area contributed by atoms with Crippen molar-refractivity contribution in [3.8, 4) is 11.4 Å². The molecule has 0 atom stereocenters. The number of nitrogens with zero attached hydrogens (tertiary/aromatic N) is 1. The van der Waals surface area contributed by atoms with Gasteiger partial charge in [0.05, 0.1) is 11.0 Å². The van der Waals surface area contributed by atoms with Crippen molar-refractivity contribution in [2.45, 2.75) is 0 Å². The fourth-order valence-electron chi connectivity index (χ4n) is 1.75. The Bertz CT molecular complexity index is 681. The number of rotatable bonds is 1. The van der Waals surface area contributed by atoms with Gasteiger partial charge in [0, 0.05) is 14.5 Å². The summed E-state index contributed by atoms with van der Waals surface area (Å²) in [5, 5.41) is 0. The Morgan fingerprint density at radius 2 is 1.67 bits per heavy atom. The largest absolute Gasteiger partial charge is 0.338 e. The summed E-state index contributed by atoms with van der Waals surface area (Å²) >= 11 is 6.89. The molecule has 1 heterocycles. The molecule has 0 saturated carbocycles. The normalized spacial score (nSPS) is 11.1. The molecule has 0 unspecified atom stereocenters. The first-order valence-corrected chi connectivity index (χ1v) is 6.83. The highest BCUT2D eigenvalue weighted by atomic mass is 79.9. The fraction of sp³-hybridized carbons (Fsp3) is 0. The second-order valence-corrected chi connectivity index (χ2v) is 5.58. The van der Waals surface area contributed by atoms with Crippen molar-refractivity contribution in [2.24, 2.45) is 0 Å². The van der Waals surface area contributed by atoms with Crippen molar-refractivity contribution in [3.05, 3.63) is 51.2 Å². The molecule has 0 fully saturated rings. The standard InChI is InChI=1S/C13H7Br2FN2/c14-9-5-11-12(6-10(9)15)18-13(17-11)7-1-3-8(16)4-2-7/h1-6H,(H,17,18). The van der Waals surface area contributed by atoms with Crippen LogP contribution in [-0.4, -0.2) is 9.97 Å². The minimum Gasteiger partial charge on any atom is -0.338 e. The number of fused-ring (bicyclic) bond motifs is 1. The summed E-state index contributed by atoms with van der Waals surface area (Å²) in [6, 6.07) is 10.2. The molecular formula is C13H7Br2FN2. The average molecular weight is 370 g/mol. The molecule has 0 radical (unpaired) electrons. The van der Waals surface area contributed by atoms with Gasteiger partial charge >= 0.3 is 0 Å². The maximum atomic E-state index is 12.9. The predicted octanol–water partition coefficient (Wildman–Crippen LogP) is 4.89. The molecule has 2 nitrogen and oxygen atoms in total. The Morgan fingerprint density at radius 3 is 2.39 bits per heavy atom. The lowest BCUT2D eigenvalue weighted by molar-refractivity contribution is 0.628. The van der Waals surface area contributed by atoms with Gasteiger partial charge in [-0.3, -0.25) is 0 Å². The summed E-state index contributed by atoms with van der Waals surface area (Å²) in [6.07, 6.45) is 0.